The topological polar surface area (TPSA) is 60.5 Å². The zero-order chi connectivity index (χ0) is 30.9. The van der Waals surface area contributed by atoms with Gasteiger partial charge in [0.15, 0.2) is 8.32 Å². The van der Waals surface area contributed by atoms with Gasteiger partial charge in [0.1, 0.15) is 6.61 Å². The van der Waals surface area contributed by atoms with E-state index in [9.17, 15) is 4.79 Å². The summed E-state index contributed by atoms with van der Waals surface area (Å²) < 4.78 is 25.2. The van der Waals surface area contributed by atoms with E-state index in [1.54, 1.807) is 4.90 Å². The van der Waals surface area contributed by atoms with Crippen molar-refractivity contribution < 1.29 is 23.3 Å². The quantitative estimate of drug-likeness (QED) is 0.314. The average Bonchev–Trinajstić information content (AvgIpc) is 3.44. The van der Waals surface area contributed by atoms with E-state index in [1.807, 2.05) is 49.5 Å². The summed E-state index contributed by atoms with van der Waals surface area (Å²) in [5.74, 6) is 0. The first-order valence-corrected chi connectivity index (χ1v) is 18.2. The van der Waals surface area contributed by atoms with Crippen molar-refractivity contribution in [3.05, 3.63) is 65.7 Å². The van der Waals surface area contributed by atoms with Gasteiger partial charge in [-0.05, 0) is 68.8 Å². The van der Waals surface area contributed by atoms with Crippen LogP contribution in [0.25, 0.3) is 0 Å². The van der Waals surface area contributed by atoms with Crippen LogP contribution < -0.4 is 5.46 Å². The highest BCUT2D eigenvalue weighted by atomic mass is 28.4. The Kier molecular flexibility index (Phi) is 9.70. The predicted molar refractivity (Wildman–Crippen MR) is 172 cm³/mol. The van der Waals surface area contributed by atoms with Gasteiger partial charge in [-0.3, -0.25) is 4.90 Å². The maximum atomic E-state index is 13.4. The molecule has 2 aliphatic heterocycles. The van der Waals surface area contributed by atoms with Crippen molar-refractivity contribution in [1.29, 1.82) is 0 Å². The van der Waals surface area contributed by atoms with Crippen molar-refractivity contribution in [3.63, 3.8) is 0 Å². The standard InChI is InChI=1S/C33H51BN2O5Si/c1-31(2,3)42(9,10)39-28-19-20-36(22-28)23-29(35(8)30(37)38-24-25-15-12-11-13-16-25)26-17-14-18-27(21-26)34-40-32(4,5)33(6,7)41-34/h11-18,21,28-29H,19-20,22-24H2,1-10H3/t28-,29-/m1/s1. The zero-order valence-electron chi connectivity index (χ0n) is 27.4. The smallest absolute Gasteiger partial charge is 0.445 e. The number of benzene rings is 2. The summed E-state index contributed by atoms with van der Waals surface area (Å²) >= 11 is 0. The van der Waals surface area contributed by atoms with Crippen molar-refractivity contribution >= 4 is 27.0 Å². The van der Waals surface area contributed by atoms with E-state index >= 15 is 0 Å². The van der Waals surface area contributed by atoms with Crippen LogP contribution in [0.2, 0.25) is 18.1 Å². The van der Waals surface area contributed by atoms with Crippen LogP contribution in [0.5, 0.6) is 0 Å². The molecule has 230 valence electrons. The Hall–Kier alpha value is -2.17. The molecule has 1 amide bonds. The highest BCUT2D eigenvalue weighted by molar-refractivity contribution is 6.74. The number of likely N-dealkylation sites (N-methyl/N-ethyl adjacent to an activating group) is 1. The molecule has 4 rings (SSSR count). The molecule has 9 heteroatoms. The van der Waals surface area contributed by atoms with Crippen molar-refractivity contribution in [3.8, 4) is 0 Å². The Bertz CT molecular complexity index is 1200. The molecule has 0 aromatic heterocycles. The van der Waals surface area contributed by atoms with E-state index in [0.29, 0.717) is 6.54 Å². The third kappa shape index (κ3) is 7.48. The minimum Gasteiger partial charge on any atom is -0.445 e. The maximum Gasteiger partial charge on any atom is 0.494 e. The van der Waals surface area contributed by atoms with Crippen LogP contribution in [0.4, 0.5) is 4.79 Å². The van der Waals surface area contributed by atoms with E-state index in [4.69, 9.17) is 18.5 Å². The van der Waals surface area contributed by atoms with Crippen molar-refractivity contribution in [2.24, 2.45) is 0 Å². The van der Waals surface area contributed by atoms with Gasteiger partial charge in [-0.15, -0.1) is 0 Å². The van der Waals surface area contributed by atoms with Gasteiger partial charge in [-0.2, -0.15) is 0 Å². The summed E-state index contributed by atoms with van der Waals surface area (Å²) in [6.45, 7) is 22.4. The number of carbonyl (C=O) groups excluding carboxylic acids is 1. The number of carbonyl (C=O) groups is 1. The lowest BCUT2D eigenvalue weighted by atomic mass is 9.78. The Labute approximate surface area is 255 Å². The zero-order valence-corrected chi connectivity index (χ0v) is 28.4. The van der Waals surface area contributed by atoms with E-state index in [-0.39, 0.29) is 29.9 Å². The van der Waals surface area contributed by atoms with Crippen LogP contribution in [-0.4, -0.2) is 75.3 Å². The van der Waals surface area contributed by atoms with Gasteiger partial charge in [0.2, 0.25) is 0 Å². The van der Waals surface area contributed by atoms with Crippen molar-refractivity contribution in [2.75, 3.05) is 26.7 Å². The van der Waals surface area contributed by atoms with Gasteiger partial charge in [0.25, 0.3) is 0 Å². The number of hydrogen-bond acceptors (Lipinski definition) is 6. The molecule has 7 nitrogen and oxygen atoms in total. The molecule has 0 radical (unpaired) electrons. The minimum atomic E-state index is -1.87. The predicted octanol–water partition coefficient (Wildman–Crippen LogP) is 6.39. The van der Waals surface area contributed by atoms with Crippen LogP contribution >= 0.6 is 0 Å². The molecule has 2 heterocycles. The van der Waals surface area contributed by atoms with Crippen molar-refractivity contribution in [1.82, 2.24) is 9.80 Å². The summed E-state index contributed by atoms with van der Waals surface area (Å²) in [4.78, 5) is 17.5. The lowest BCUT2D eigenvalue weighted by Gasteiger charge is -2.38. The molecule has 2 atom stereocenters. The fourth-order valence-electron chi connectivity index (χ4n) is 5.19. The molecule has 2 aliphatic rings. The number of nitrogens with zero attached hydrogens (tertiary/aromatic N) is 2. The van der Waals surface area contributed by atoms with Crippen LogP contribution in [0.3, 0.4) is 0 Å². The summed E-state index contributed by atoms with van der Waals surface area (Å²) in [6, 6.07) is 17.8. The van der Waals surface area contributed by atoms with Gasteiger partial charge in [0.05, 0.1) is 23.3 Å². The largest absolute Gasteiger partial charge is 0.494 e. The number of ether oxygens (including phenoxy) is 1. The molecule has 0 unspecified atom stereocenters. The monoisotopic (exact) mass is 594 g/mol. The Morgan fingerprint density at radius 1 is 1.07 bits per heavy atom. The molecule has 0 saturated carbocycles. The average molecular weight is 595 g/mol. The number of likely N-dealkylation sites (tertiary alicyclic amines) is 1. The molecule has 2 aromatic carbocycles. The Morgan fingerprint density at radius 2 is 1.71 bits per heavy atom. The molecule has 0 aliphatic carbocycles. The second kappa shape index (κ2) is 12.4. The third-order valence-corrected chi connectivity index (χ3v) is 14.2. The Morgan fingerprint density at radius 3 is 2.33 bits per heavy atom. The summed E-state index contributed by atoms with van der Waals surface area (Å²) in [7, 11) is -0.511. The highest BCUT2D eigenvalue weighted by Gasteiger charge is 2.52. The van der Waals surface area contributed by atoms with Crippen LogP contribution in [0.15, 0.2) is 54.6 Å². The highest BCUT2D eigenvalue weighted by Crippen LogP contribution is 2.39. The molecule has 0 bridgehead atoms. The minimum absolute atomic E-state index is 0.166. The molecule has 42 heavy (non-hydrogen) atoms. The summed E-state index contributed by atoms with van der Waals surface area (Å²) in [5, 5.41) is 0.166. The SMILES string of the molecule is CN(C(=O)OCc1ccccc1)[C@H](CN1CC[C@@H](O[Si](C)(C)C(C)(C)C)C1)c1cccc(B2OC(C)(C)C(C)(C)O2)c1. The van der Waals surface area contributed by atoms with Gasteiger partial charge in [-0.25, -0.2) is 4.79 Å². The summed E-state index contributed by atoms with van der Waals surface area (Å²) in [6.07, 6.45) is 0.853. The number of rotatable bonds is 9. The molecule has 2 fully saturated rings. The van der Waals surface area contributed by atoms with Gasteiger partial charge < -0.3 is 23.4 Å². The second-order valence-corrected chi connectivity index (χ2v) is 19.2. The van der Waals surface area contributed by atoms with E-state index < -0.39 is 26.6 Å². The first kappa shape index (κ1) is 32.7. The lowest BCUT2D eigenvalue weighted by molar-refractivity contribution is 0.00578. The molecule has 0 N–H and O–H groups in total. The van der Waals surface area contributed by atoms with Crippen molar-refractivity contribution in [2.45, 2.75) is 103 Å². The third-order valence-electron chi connectivity index (χ3n) is 9.71. The summed E-state index contributed by atoms with van der Waals surface area (Å²) in [5.41, 5.74) is 2.07. The molecular weight excluding hydrogens is 543 g/mol. The molecule has 2 saturated heterocycles. The van der Waals surface area contributed by atoms with E-state index in [2.05, 4.69) is 78.6 Å². The molecule has 2 aromatic rings. The first-order valence-electron chi connectivity index (χ1n) is 15.3. The van der Waals surface area contributed by atoms with Gasteiger partial charge >= 0.3 is 13.2 Å². The van der Waals surface area contributed by atoms with Crippen LogP contribution in [0.1, 0.15) is 72.1 Å². The van der Waals surface area contributed by atoms with Crippen LogP contribution in [-0.2, 0) is 25.1 Å². The van der Waals surface area contributed by atoms with E-state index in [1.165, 1.54) is 0 Å². The van der Waals surface area contributed by atoms with Crippen LogP contribution in [0, 0.1) is 0 Å². The normalized spacial score (nSPS) is 21.4. The first-order chi connectivity index (χ1) is 19.5. The fourth-order valence-corrected chi connectivity index (χ4v) is 6.57. The molecule has 0 spiro atoms. The number of hydrogen-bond donors (Lipinski definition) is 0. The lowest BCUT2D eigenvalue weighted by Crippen LogP contribution is -2.45. The number of amides is 1. The van der Waals surface area contributed by atoms with E-state index in [0.717, 1.165) is 36.1 Å². The van der Waals surface area contributed by atoms with Gasteiger partial charge in [0, 0.05) is 26.7 Å². The molecular formula is C33H51BN2O5Si. The Balaban J connectivity index is 1.53. The second-order valence-electron chi connectivity index (χ2n) is 14.5. The van der Waals surface area contributed by atoms with Gasteiger partial charge in [-0.1, -0.05) is 75.4 Å². The maximum absolute atomic E-state index is 13.4. The fraction of sp³-hybridized carbons (Fsp3) is 0.606.